The molecule has 0 aliphatic heterocycles. The van der Waals surface area contributed by atoms with Crippen molar-refractivity contribution in [2.24, 2.45) is 0 Å². The molecule has 2 rings (SSSR count). The number of hydrogen-bond donors (Lipinski definition) is 3. The molecule has 0 aliphatic carbocycles. The van der Waals surface area contributed by atoms with E-state index in [2.05, 4.69) is 15.4 Å². The number of anilines is 2. The zero-order chi connectivity index (χ0) is 22.3. The van der Waals surface area contributed by atoms with Gasteiger partial charge in [-0.3, -0.25) is 14.3 Å². The van der Waals surface area contributed by atoms with E-state index in [0.29, 0.717) is 23.8 Å². The van der Waals surface area contributed by atoms with E-state index >= 15 is 0 Å². The summed E-state index contributed by atoms with van der Waals surface area (Å²) in [5, 5.41) is 5.31. The first-order chi connectivity index (χ1) is 14.1. The highest BCUT2D eigenvalue weighted by molar-refractivity contribution is 7.92. The first-order valence-corrected chi connectivity index (χ1v) is 11.0. The Kier molecular flexibility index (Phi) is 7.65. The van der Waals surface area contributed by atoms with Crippen molar-refractivity contribution >= 4 is 33.2 Å². The Morgan fingerprint density at radius 3 is 2.40 bits per heavy atom. The number of ether oxygens (including phenoxy) is 2. The Morgan fingerprint density at radius 1 is 1.07 bits per heavy atom. The van der Waals surface area contributed by atoms with Gasteiger partial charge in [-0.1, -0.05) is 6.07 Å². The average Bonchev–Trinajstić information content (AvgIpc) is 2.66. The lowest BCUT2D eigenvalue weighted by molar-refractivity contribution is -0.114. The standard InChI is InChI=1S/C20H25N3O6S/c1-5-29-18-9-6-14(10-19(18)28-3)12-21-20(25)16-11-15(22-13(2)24)7-8-17(16)23-30(4,26)27/h6-11,23H,5,12H2,1-4H3,(H,21,25)(H,22,24). The van der Waals surface area contributed by atoms with Crippen LogP contribution in [0.4, 0.5) is 11.4 Å². The van der Waals surface area contributed by atoms with Crippen molar-refractivity contribution in [1.82, 2.24) is 5.32 Å². The maximum atomic E-state index is 12.8. The fourth-order valence-electron chi connectivity index (χ4n) is 2.68. The lowest BCUT2D eigenvalue weighted by atomic mass is 10.1. The second kappa shape index (κ2) is 9.97. The minimum Gasteiger partial charge on any atom is -0.493 e. The fourth-order valence-corrected chi connectivity index (χ4v) is 3.25. The molecule has 0 heterocycles. The van der Waals surface area contributed by atoms with Crippen molar-refractivity contribution in [3.05, 3.63) is 47.5 Å². The first-order valence-electron chi connectivity index (χ1n) is 9.10. The van der Waals surface area contributed by atoms with Crippen molar-refractivity contribution in [2.45, 2.75) is 20.4 Å². The Labute approximate surface area is 175 Å². The van der Waals surface area contributed by atoms with Crippen LogP contribution in [0, 0.1) is 0 Å². The van der Waals surface area contributed by atoms with Gasteiger partial charge in [-0.15, -0.1) is 0 Å². The molecule has 2 aromatic carbocycles. The molecule has 162 valence electrons. The van der Waals surface area contributed by atoms with Crippen LogP contribution < -0.4 is 24.8 Å². The molecule has 0 saturated carbocycles. The van der Waals surface area contributed by atoms with Crippen molar-refractivity contribution < 1.29 is 27.5 Å². The van der Waals surface area contributed by atoms with Crippen molar-refractivity contribution in [3.63, 3.8) is 0 Å². The highest BCUT2D eigenvalue weighted by Crippen LogP contribution is 2.28. The number of rotatable bonds is 9. The van der Waals surface area contributed by atoms with E-state index in [-0.39, 0.29) is 23.7 Å². The summed E-state index contributed by atoms with van der Waals surface area (Å²) in [4.78, 5) is 24.1. The van der Waals surface area contributed by atoms with E-state index in [1.165, 1.54) is 32.2 Å². The minimum atomic E-state index is -3.60. The normalized spacial score (nSPS) is 10.8. The number of nitrogens with one attached hydrogen (secondary N) is 3. The van der Waals surface area contributed by atoms with Crippen LogP contribution in [0.5, 0.6) is 11.5 Å². The average molecular weight is 436 g/mol. The van der Waals surface area contributed by atoms with Crippen LogP contribution in [0.2, 0.25) is 0 Å². The number of hydrogen-bond acceptors (Lipinski definition) is 6. The quantitative estimate of drug-likeness (QED) is 0.556. The van der Waals surface area contributed by atoms with Gasteiger partial charge in [0.25, 0.3) is 5.91 Å². The lowest BCUT2D eigenvalue weighted by Gasteiger charge is -2.14. The lowest BCUT2D eigenvalue weighted by Crippen LogP contribution is -2.25. The van der Waals surface area contributed by atoms with Gasteiger partial charge in [-0.05, 0) is 42.8 Å². The summed E-state index contributed by atoms with van der Waals surface area (Å²) in [6.45, 7) is 3.87. The maximum Gasteiger partial charge on any atom is 0.253 e. The third-order valence-electron chi connectivity index (χ3n) is 3.86. The maximum absolute atomic E-state index is 12.8. The topological polar surface area (TPSA) is 123 Å². The Morgan fingerprint density at radius 2 is 1.80 bits per heavy atom. The van der Waals surface area contributed by atoms with Gasteiger partial charge in [0.1, 0.15) is 0 Å². The number of methoxy groups -OCH3 is 1. The van der Waals surface area contributed by atoms with Crippen molar-refractivity contribution in [2.75, 3.05) is 30.0 Å². The first kappa shape index (κ1) is 23.0. The molecule has 0 atom stereocenters. The number of sulfonamides is 1. The van der Waals surface area contributed by atoms with E-state index in [9.17, 15) is 18.0 Å². The van der Waals surface area contributed by atoms with E-state index in [4.69, 9.17) is 9.47 Å². The molecule has 0 fully saturated rings. The molecule has 2 aromatic rings. The van der Waals surface area contributed by atoms with Gasteiger partial charge in [-0.2, -0.15) is 0 Å². The molecule has 9 nitrogen and oxygen atoms in total. The Bertz CT molecular complexity index is 1040. The van der Waals surface area contributed by atoms with Gasteiger partial charge in [0.2, 0.25) is 15.9 Å². The molecule has 0 spiro atoms. The molecule has 10 heteroatoms. The van der Waals surface area contributed by atoms with Crippen LogP contribution >= 0.6 is 0 Å². The summed E-state index contributed by atoms with van der Waals surface area (Å²) < 4.78 is 36.4. The molecular formula is C20H25N3O6S. The fraction of sp³-hybridized carbons (Fsp3) is 0.300. The van der Waals surface area contributed by atoms with Gasteiger partial charge < -0.3 is 20.1 Å². The summed E-state index contributed by atoms with van der Waals surface area (Å²) in [5.41, 5.74) is 1.31. The van der Waals surface area contributed by atoms with Crippen LogP contribution in [0.3, 0.4) is 0 Å². The van der Waals surface area contributed by atoms with E-state index in [1.54, 1.807) is 18.2 Å². The molecule has 0 radical (unpaired) electrons. The molecule has 3 N–H and O–H groups in total. The molecule has 0 aromatic heterocycles. The second-order valence-electron chi connectivity index (χ2n) is 6.42. The monoisotopic (exact) mass is 435 g/mol. The smallest absolute Gasteiger partial charge is 0.253 e. The molecular weight excluding hydrogens is 410 g/mol. The van der Waals surface area contributed by atoms with Crippen LogP contribution in [-0.2, 0) is 21.4 Å². The zero-order valence-electron chi connectivity index (χ0n) is 17.2. The Hall–Kier alpha value is -3.27. The predicted octanol–water partition coefficient (Wildman–Crippen LogP) is 2.35. The summed E-state index contributed by atoms with van der Waals surface area (Å²) in [6.07, 6.45) is 0.989. The van der Waals surface area contributed by atoms with Crippen LogP contribution in [-0.4, -0.2) is 40.2 Å². The summed E-state index contributed by atoms with van der Waals surface area (Å²) in [5.74, 6) is 0.307. The summed E-state index contributed by atoms with van der Waals surface area (Å²) in [7, 11) is -2.08. The van der Waals surface area contributed by atoms with Crippen molar-refractivity contribution in [1.29, 1.82) is 0 Å². The third-order valence-corrected chi connectivity index (χ3v) is 4.45. The second-order valence-corrected chi connectivity index (χ2v) is 8.17. The van der Waals surface area contributed by atoms with Gasteiger partial charge >= 0.3 is 0 Å². The molecule has 0 saturated heterocycles. The van der Waals surface area contributed by atoms with Gasteiger partial charge in [0.05, 0.1) is 31.2 Å². The van der Waals surface area contributed by atoms with Crippen LogP contribution in [0.25, 0.3) is 0 Å². The molecule has 30 heavy (non-hydrogen) atoms. The van der Waals surface area contributed by atoms with Gasteiger partial charge in [0, 0.05) is 19.2 Å². The number of benzene rings is 2. The van der Waals surface area contributed by atoms with E-state index in [1.807, 2.05) is 6.92 Å². The summed E-state index contributed by atoms with van der Waals surface area (Å²) in [6, 6.07) is 9.61. The van der Waals surface area contributed by atoms with Crippen LogP contribution in [0.15, 0.2) is 36.4 Å². The molecule has 2 amide bonds. The van der Waals surface area contributed by atoms with E-state index < -0.39 is 15.9 Å². The Balaban J connectivity index is 2.25. The van der Waals surface area contributed by atoms with Gasteiger partial charge in [0.15, 0.2) is 11.5 Å². The number of carbonyl (C=O) groups is 2. The summed E-state index contributed by atoms with van der Waals surface area (Å²) >= 11 is 0. The highest BCUT2D eigenvalue weighted by atomic mass is 32.2. The minimum absolute atomic E-state index is 0.0737. The highest BCUT2D eigenvalue weighted by Gasteiger charge is 2.16. The SMILES string of the molecule is CCOc1ccc(CNC(=O)c2cc(NC(C)=O)ccc2NS(C)(=O)=O)cc1OC. The van der Waals surface area contributed by atoms with Crippen molar-refractivity contribution in [3.8, 4) is 11.5 Å². The molecule has 0 unspecified atom stereocenters. The van der Waals surface area contributed by atoms with Gasteiger partial charge in [-0.25, -0.2) is 8.42 Å². The van der Waals surface area contributed by atoms with Crippen LogP contribution in [0.1, 0.15) is 29.8 Å². The largest absolute Gasteiger partial charge is 0.493 e. The predicted molar refractivity (Wildman–Crippen MR) is 115 cm³/mol. The number of amides is 2. The van der Waals surface area contributed by atoms with E-state index in [0.717, 1.165) is 11.8 Å². The number of carbonyl (C=O) groups excluding carboxylic acids is 2. The third kappa shape index (κ3) is 6.66. The molecule has 0 bridgehead atoms. The zero-order valence-corrected chi connectivity index (χ0v) is 18.1. The molecule has 0 aliphatic rings.